The molecule has 1 atom stereocenters. The van der Waals surface area contributed by atoms with E-state index in [1.54, 1.807) is 0 Å². The summed E-state index contributed by atoms with van der Waals surface area (Å²) < 4.78 is 0.967. The average molecular weight is 328 g/mol. The van der Waals surface area contributed by atoms with Gasteiger partial charge in [0.05, 0.1) is 6.54 Å². The molecule has 1 heterocycles. The molecule has 2 rings (SSSR count). The summed E-state index contributed by atoms with van der Waals surface area (Å²) in [5.74, 6) is 1.36. The first-order valence-corrected chi connectivity index (χ1v) is 8.16. The van der Waals surface area contributed by atoms with Crippen LogP contribution < -0.4 is 0 Å². The zero-order valence-electron chi connectivity index (χ0n) is 10.6. The second kappa shape index (κ2) is 6.73. The van der Waals surface area contributed by atoms with Crippen LogP contribution in [0.3, 0.4) is 0 Å². The second-order valence-electron chi connectivity index (χ2n) is 4.57. The van der Waals surface area contributed by atoms with Crippen LogP contribution in [0.1, 0.15) is 23.7 Å². The maximum absolute atomic E-state index is 12.2. The minimum absolute atomic E-state index is 0.220. The second-order valence-corrected chi connectivity index (χ2v) is 6.89. The van der Waals surface area contributed by atoms with Gasteiger partial charge in [0, 0.05) is 34.1 Å². The third kappa shape index (κ3) is 3.84. The molecule has 0 bridgehead atoms. The molecule has 1 aromatic carbocycles. The molecule has 2 nitrogen and oxygen atoms in total. The minimum atomic E-state index is 0.220. The molecule has 1 aromatic rings. The third-order valence-electron chi connectivity index (χ3n) is 3.19. The molecule has 18 heavy (non-hydrogen) atoms. The van der Waals surface area contributed by atoms with Crippen molar-refractivity contribution in [3.05, 3.63) is 34.3 Å². The van der Waals surface area contributed by atoms with Crippen LogP contribution in [0, 0.1) is 0 Å². The van der Waals surface area contributed by atoms with E-state index < -0.39 is 0 Å². The van der Waals surface area contributed by atoms with Crippen molar-refractivity contribution in [1.82, 2.24) is 4.90 Å². The van der Waals surface area contributed by atoms with E-state index in [-0.39, 0.29) is 5.78 Å². The lowest BCUT2D eigenvalue weighted by molar-refractivity contribution is 0.0932. The zero-order valence-corrected chi connectivity index (χ0v) is 13.0. The Labute approximate surface area is 121 Å². The Morgan fingerprint density at radius 2 is 2.39 bits per heavy atom. The fourth-order valence-electron chi connectivity index (χ4n) is 2.13. The molecular formula is C14H18BrNOS. The quantitative estimate of drug-likeness (QED) is 0.790. The number of hydrogen-bond acceptors (Lipinski definition) is 3. The van der Waals surface area contributed by atoms with Crippen molar-refractivity contribution in [3.63, 3.8) is 0 Å². The monoisotopic (exact) mass is 327 g/mol. The first-order chi connectivity index (χ1) is 8.69. The van der Waals surface area contributed by atoms with Crippen LogP contribution in [0.25, 0.3) is 0 Å². The lowest BCUT2D eigenvalue weighted by atomic mass is 10.1. The van der Waals surface area contributed by atoms with E-state index in [0.717, 1.165) is 28.9 Å². The SMILES string of the molecule is CCC1CN(CC(=O)c2cccc(Br)c2)CCS1. The Morgan fingerprint density at radius 1 is 1.56 bits per heavy atom. The minimum Gasteiger partial charge on any atom is -0.294 e. The number of carbonyl (C=O) groups excluding carboxylic acids is 1. The summed E-state index contributed by atoms with van der Waals surface area (Å²) >= 11 is 5.44. The molecule has 4 heteroatoms. The number of halogens is 1. The molecule has 0 spiro atoms. The van der Waals surface area contributed by atoms with Gasteiger partial charge in [-0.25, -0.2) is 0 Å². The van der Waals surface area contributed by atoms with Crippen LogP contribution in [-0.2, 0) is 0 Å². The zero-order chi connectivity index (χ0) is 13.0. The lowest BCUT2D eigenvalue weighted by Gasteiger charge is -2.31. The number of rotatable bonds is 4. The molecule has 0 aliphatic carbocycles. The number of Topliss-reactive ketones (excluding diaryl/α,β-unsaturated/α-hetero) is 1. The molecule has 1 aliphatic rings. The van der Waals surface area contributed by atoms with Gasteiger partial charge >= 0.3 is 0 Å². The molecule has 98 valence electrons. The summed E-state index contributed by atoms with van der Waals surface area (Å²) in [7, 11) is 0. The Balaban J connectivity index is 1.95. The number of ketones is 1. The van der Waals surface area contributed by atoms with Crippen molar-refractivity contribution >= 4 is 33.5 Å². The summed E-state index contributed by atoms with van der Waals surface area (Å²) in [6.07, 6.45) is 1.19. The molecule has 0 radical (unpaired) electrons. The van der Waals surface area contributed by atoms with Crippen molar-refractivity contribution < 1.29 is 4.79 Å². The Morgan fingerprint density at radius 3 is 3.11 bits per heavy atom. The van der Waals surface area contributed by atoms with Crippen molar-refractivity contribution in [2.45, 2.75) is 18.6 Å². The predicted molar refractivity (Wildman–Crippen MR) is 81.4 cm³/mol. The van der Waals surface area contributed by atoms with Gasteiger partial charge in [-0.3, -0.25) is 9.69 Å². The lowest BCUT2D eigenvalue weighted by Crippen LogP contribution is -2.40. The molecule has 1 saturated heterocycles. The highest BCUT2D eigenvalue weighted by molar-refractivity contribution is 9.10. The van der Waals surface area contributed by atoms with Gasteiger partial charge in [0.15, 0.2) is 5.78 Å². The molecule has 1 aliphatic heterocycles. The van der Waals surface area contributed by atoms with Crippen molar-refractivity contribution in [2.75, 3.05) is 25.4 Å². The highest BCUT2D eigenvalue weighted by atomic mass is 79.9. The smallest absolute Gasteiger partial charge is 0.176 e. The van der Waals surface area contributed by atoms with E-state index in [1.807, 2.05) is 36.0 Å². The van der Waals surface area contributed by atoms with Crippen LogP contribution in [0.15, 0.2) is 28.7 Å². The van der Waals surface area contributed by atoms with E-state index >= 15 is 0 Å². The van der Waals surface area contributed by atoms with Gasteiger partial charge in [-0.05, 0) is 18.6 Å². The van der Waals surface area contributed by atoms with Crippen molar-refractivity contribution in [3.8, 4) is 0 Å². The third-order valence-corrected chi connectivity index (χ3v) is 5.06. The highest BCUT2D eigenvalue weighted by Crippen LogP contribution is 2.21. The number of benzene rings is 1. The average Bonchev–Trinajstić information content (AvgIpc) is 2.39. The fourth-order valence-corrected chi connectivity index (χ4v) is 3.78. The van der Waals surface area contributed by atoms with E-state index in [9.17, 15) is 4.79 Å². The van der Waals surface area contributed by atoms with Gasteiger partial charge in [-0.1, -0.05) is 35.0 Å². The Kier molecular flexibility index (Phi) is 5.27. The van der Waals surface area contributed by atoms with Gasteiger partial charge in [0.25, 0.3) is 0 Å². The van der Waals surface area contributed by atoms with Crippen molar-refractivity contribution in [2.24, 2.45) is 0 Å². The van der Waals surface area contributed by atoms with E-state index in [1.165, 1.54) is 6.42 Å². The first kappa shape index (κ1) is 14.1. The molecule has 0 N–H and O–H groups in total. The van der Waals surface area contributed by atoms with E-state index in [4.69, 9.17) is 0 Å². The Hall–Kier alpha value is -0.320. The molecule has 1 unspecified atom stereocenters. The largest absolute Gasteiger partial charge is 0.294 e. The highest BCUT2D eigenvalue weighted by Gasteiger charge is 2.21. The van der Waals surface area contributed by atoms with Gasteiger partial charge in [0.2, 0.25) is 0 Å². The van der Waals surface area contributed by atoms with Crippen LogP contribution in [0.2, 0.25) is 0 Å². The van der Waals surface area contributed by atoms with Gasteiger partial charge in [-0.15, -0.1) is 0 Å². The van der Waals surface area contributed by atoms with Crippen LogP contribution in [0.4, 0.5) is 0 Å². The van der Waals surface area contributed by atoms with E-state index in [0.29, 0.717) is 11.8 Å². The molecule has 0 aromatic heterocycles. The fraction of sp³-hybridized carbons (Fsp3) is 0.500. The molecular weight excluding hydrogens is 310 g/mol. The number of nitrogens with zero attached hydrogens (tertiary/aromatic N) is 1. The van der Waals surface area contributed by atoms with Gasteiger partial charge in [-0.2, -0.15) is 11.8 Å². The van der Waals surface area contributed by atoms with Gasteiger partial charge in [0.1, 0.15) is 0 Å². The summed E-state index contributed by atoms with van der Waals surface area (Å²) in [5, 5.41) is 0.689. The Bertz CT molecular complexity index is 424. The van der Waals surface area contributed by atoms with Gasteiger partial charge < -0.3 is 0 Å². The van der Waals surface area contributed by atoms with Crippen LogP contribution in [-0.4, -0.2) is 41.3 Å². The normalized spacial score (nSPS) is 20.9. The first-order valence-electron chi connectivity index (χ1n) is 6.31. The molecule has 1 fully saturated rings. The van der Waals surface area contributed by atoms with Crippen molar-refractivity contribution in [1.29, 1.82) is 0 Å². The number of carbonyl (C=O) groups is 1. The maximum Gasteiger partial charge on any atom is 0.176 e. The van der Waals surface area contributed by atoms with E-state index in [2.05, 4.69) is 27.8 Å². The summed E-state index contributed by atoms with van der Waals surface area (Å²) in [4.78, 5) is 14.5. The summed E-state index contributed by atoms with van der Waals surface area (Å²) in [6.45, 7) is 4.84. The standard InChI is InChI=1S/C14H18BrNOS/c1-2-13-9-16(6-7-18-13)10-14(17)11-4-3-5-12(15)8-11/h3-5,8,13H,2,6-7,9-10H2,1H3. The maximum atomic E-state index is 12.2. The van der Waals surface area contributed by atoms with Crippen LogP contribution in [0.5, 0.6) is 0 Å². The number of thioether (sulfide) groups is 1. The van der Waals surface area contributed by atoms with Crippen LogP contribution >= 0.6 is 27.7 Å². The predicted octanol–water partition coefficient (Wildman–Crippen LogP) is 3.46. The number of hydrogen-bond donors (Lipinski definition) is 0. The molecule has 0 amide bonds. The topological polar surface area (TPSA) is 20.3 Å². The summed E-state index contributed by atoms with van der Waals surface area (Å²) in [6, 6.07) is 7.65. The summed E-state index contributed by atoms with van der Waals surface area (Å²) in [5.41, 5.74) is 0.802. The molecule has 0 saturated carbocycles.